The number of rotatable bonds is 2. The van der Waals surface area contributed by atoms with Gasteiger partial charge < -0.3 is 0 Å². The number of nitrogens with one attached hydrogen (secondary N) is 1. The molecule has 1 aromatic heterocycles. The Morgan fingerprint density at radius 1 is 1.17 bits per heavy atom. The van der Waals surface area contributed by atoms with E-state index in [0.717, 1.165) is 4.90 Å². The van der Waals surface area contributed by atoms with Crippen LogP contribution < -0.4 is 10.2 Å². The van der Waals surface area contributed by atoms with Crippen LogP contribution in [0.2, 0.25) is 10.0 Å². The molecule has 24 heavy (non-hydrogen) atoms. The summed E-state index contributed by atoms with van der Waals surface area (Å²) in [5.41, 5.74) is 0.838. The number of hydrogen-bond donors (Lipinski definition) is 1. The lowest BCUT2D eigenvalue weighted by molar-refractivity contribution is -0.122. The highest BCUT2D eigenvalue weighted by Crippen LogP contribution is 2.34. The topological polar surface area (TPSA) is 62.3 Å². The zero-order valence-corrected chi connectivity index (χ0v) is 14.3. The van der Waals surface area contributed by atoms with Crippen LogP contribution in [0.3, 0.4) is 0 Å². The van der Waals surface area contributed by atoms with E-state index in [1.54, 1.807) is 36.5 Å². The molecule has 1 aliphatic rings. The molecule has 120 valence electrons. The third kappa shape index (κ3) is 3.03. The monoisotopic (exact) mass is 377 g/mol. The number of carbonyl (C=O) groups is 2. The molecule has 0 radical (unpaired) electrons. The first kappa shape index (κ1) is 16.6. The summed E-state index contributed by atoms with van der Waals surface area (Å²) in [6, 6.07) is 8.26. The Bertz CT molecular complexity index is 884. The van der Waals surface area contributed by atoms with Gasteiger partial charge in [-0.3, -0.25) is 24.8 Å². The molecule has 0 aliphatic carbocycles. The summed E-state index contributed by atoms with van der Waals surface area (Å²) in [5.74, 6) is -1.17. The van der Waals surface area contributed by atoms with Crippen molar-refractivity contribution in [3.8, 4) is 0 Å². The summed E-state index contributed by atoms with van der Waals surface area (Å²) in [6.45, 7) is 0. The van der Waals surface area contributed by atoms with Crippen molar-refractivity contribution in [2.45, 2.75) is 0 Å². The van der Waals surface area contributed by atoms with Crippen LogP contribution in [0.4, 0.5) is 5.69 Å². The largest absolute Gasteiger partial charge is 0.298 e. The number of carbonyl (C=O) groups excluding carboxylic acids is 2. The van der Waals surface area contributed by atoms with Crippen molar-refractivity contribution in [3.63, 3.8) is 0 Å². The first-order valence-corrected chi connectivity index (χ1v) is 7.91. The smallest absolute Gasteiger partial charge is 0.270 e. The number of halogens is 2. The minimum absolute atomic E-state index is 0.0579. The van der Waals surface area contributed by atoms with E-state index >= 15 is 0 Å². The standard InChI is InChI=1S/C16H9Cl2N3O2S/c17-11-4-1-5-12(13(11)18)21-15(23)10(14(22)20-16(21)24)7-9-3-2-6-19-8-9/h1-8H,(H,20,22,24)/b10-7+. The fourth-order valence-corrected chi connectivity index (χ4v) is 2.82. The molecule has 0 spiro atoms. The molecule has 0 atom stereocenters. The quantitative estimate of drug-likeness (QED) is 0.495. The Morgan fingerprint density at radius 3 is 2.67 bits per heavy atom. The highest BCUT2D eigenvalue weighted by molar-refractivity contribution is 7.80. The Balaban J connectivity index is 2.07. The van der Waals surface area contributed by atoms with Gasteiger partial charge in [-0.2, -0.15) is 0 Å². The second-order valence-electron chi connectivity index (χ2n) is 4.82. The summed E-state index contributed by atoms with van der Waals surface area (Å²) in [7, 11) is 0. The zero-order valence-electron chi connectivity index (χ0n) is 12.0. The average Bonchev–Trinajstić information content (AvgIpc) is 2.56. The van der Waals surface area contributed by atoms with Gasteiger partial charge in [0.2, 0.25) is 0 Å². The Hall–Kier alpha value is -2.28. The first-order valence-electron chi connectivity index (χ1n) is 6.74. The third-order valence-electron chi connectivity index (χ3n) is 3.27. The number of amides is 2. The predicted molar refractivity (Wildman–Crippen MR) is 96.9 cm³/mol. The average molecular weight is 378 g/mol. The summed E-state index contributed by atoms with van der Waals surface area (Å²) in [4.78, 5) is 30.1. The van der Waals surface area contributed by atoms with Gasteiger partial charge in [0.25, 0.3) is 11.8 Å². The van der Waals surface area contributed by atoms with Crippen molar-refractivity contribution in [2.24, 2.45) is 0 Å². The SMILES string of the molecule is O=C1NC(=S)N(c2cccc(Cl)c2Cl)C(=O)/C1=C/c1cccnc1. The van der Waals surface area contributed by atoms with Gasteiger partial charge in [0.15, 0.2) is 5.11 Å². The molecule has 2 aromatic rings. The van der Waals surface area contributed by atoms with Crippen LogP contribution in [0.15, 0.2) is 48.3 Å². The highest BCUT2D eigenvalue weighted by Gasteiger charge is 2.35. The van der Waals surface area contributed by atoms with E-state index in [1.807, 2.05) is 0 Å². The molecule has 3 rings (SSSR count). The number of nitrogens with zero attached hydrogens (tertiary/aromatic N) is 2. The van der Waals surface area contributed by atoms with Crippen LogP contribution in [0, 0.1) is 0 Å². The van der Waals surface area contributed by atoms with Crippen molar-refractivity contribution in [1.29, 1.82) is 0 Å². The predicted octanol–water partition coefficient (Wildman–Crippen LogP) is 3.22. The van der Waals surface area contributed by atoms with Crippen LogP contribution in [0.5, 0.6) is 0 Å². The van der Waals surface area contributed by atoms with Gasteiger partial charge in [0.1, 0.15) is 5.57 Å². The second-order valence-corrected chi connectivity index (χ2v) is 5.99. The van der Waals surface area contributed by atoms with E-state index in [1.165, 1.54) is 12.3 Å². The maximum absolute atomic E-state index is 12.8. The van der Waals surface area contributed by atoms with Crippen molar-refractivity contribution in [3.05, 3.63) is 63.9 Å². The van der Waals surface area contributed by atoms with E-state index in [9.17, 15) is 9.59 Å². The zero-order chi connectivity index (χ0) is 17.3. The summed E-state index contributed by atoms with van der Waals surface area (Å²) in [5, 5.41) is 2.87. The lowest BCUT2D eigenvalue weighted by atomic mass is 10.1. The number of pyridine rings is 1. The lowest BCUT2D eigenvalue weighted by Crippen LogP contribution is -2.54. The maximum atomic E-state index is 12.8. The van der Waals surface area contributed by atoms with E-state index in [0.29, 0.717) is 11.3 Å². The van der Waals surface area contributed by atoms with Gasteiger partial charge in [-0.15, -0.1) is 0 Å². The normalized spacial score (nSPS) is 16.5. The fourth-order valence-electron chi connectivity index (χ4n) is 2.17. The van der Waals surface area contributed by atoms with Crippen LogP contribution in [-0.4, -0.2) is 21.9 Å². The van der Waals surface area contributed by atoms with E-state index < -0.39 is 11.8 Å². The van der Waals surface area contributed by atoms with Crippen molar-refractivity contribution in [2.75, 3.05) is 4.90 Å². The van der Waals surface area contributed by atoms with E-state index in [2.05, 4.69) is 10.3 Å². The van der Waals surface area contributed by atoms with Crippen molar-refractivity contribution in [1.82, 2.24) is 10.3 Å². The molecule has 1 fully saturated rings. The molecule has 5 nitrogen and oxygen atoms in total. The van der Waals surface area contributed by atoms with Crippen LogP contribution in [-0.2, 0) is 9.59 Å². The maximum Gasteiger partial charge on any atom is 0.270 e. The van der Waals surface area contributed by atoms with Crippen molar-refractivity contribution < 1.29 is 9.59 Å². The second kappa shape index (κ2) is 6.68. The van der Waals surface area contributed by atoms with E-state index in [-0.39, 0.29) is 20.7 Å². The summed E-state index contributed by atoms with van der Waals surface area (Å²) >= 11 is 17.3. The van der Waals surface area contributed by atoms with Crippen LogP contribution in [0.25, 0.3) is 6.08 Å². The fraction of sp³-hybridized carbons (Fsp3) is 0. The summed E-state index contributed by atoms with van der Waals surface area (Å²) in [6.07, 6.45) is 4.58. The number of benzene rings is 1. The Kier molecular flexibility index (Phi) is 4.62. The molecular formula is C16H9Cl2N3O2S. The number of anilines is 1. The van der Waals surface area contributed by atoms with Gasteiger partial charge in [0, 0.05) is 12.4 Å². The minimum Gasteiger partial charge on any atom is -0.298 e. The molecule has 0 bridgehead atoms. The molecule has 2 heterocycles. The molecule has 0 saturated carbocycles. The highest BCUT2D eigenvalue weighted by atomic mass is 35.5. The van der Waals surface area contributed by atoms with Gasteiger partial charge in [-0.1, -0.05) is 35.3 Å². The van der Waals surface area contributed by atoms with Gasteiger partial charge in [0.05, 0.1) is 15.7 Å². The lowest BCUT2D eigenvalue weighted by Gasteiger charge is -2.29. The number of aromatic nitrogens is 1. The Morgan fingerprint density at radius 2 is 1.96 bits per heavy atom. The molecule has 1 aliphatic heterocycles. The molecular weight excluding hydrogens is 369 g/mol. The molecule has 2 amide bonds. The molecule has 1 N–H and O–H groups in total. The van der Waals surface area contributed by atoms with Gasteiger partial charge in [-0.25, -0.2) is 0 Å². The molecule has 0 unspecified atom stereocenters. The van der Waals surface area contributed by atoms with Crippen LogP contribution in [0.1, 0.15) is 5.56 Å². The number of hydrogen-bond acceptors (Lipinski definition) is 4. The first-order chi connectivity index (χ1) is 11.5. The minimum atomic E-state index is -0.586. The molecule has 1 saturated heterocycles. The molecule has 1 aromatic carbocycles. The van der Waals surface area contributed by atoms with E-state index in [4.69, 9.17) is 35.4 Å². The van der Waals surface area contributed by atoms with Gasteiger partial charge in [-0.05, 0) is 42.1 Å². The third-order valence-corrected chi connectivity index (χ3v) is 4.36. The van der Waals surface area contributed by atoms with Crippen LogP contribution >= 0.6 is 35.4 Å². The Labute approximate surface area is 152 Å². The van der Waals surface area contributed by atoms with Gasteiger partial charge >= 0.3 is 0 Å². The summed E-state index contributed by atoms with van der Waals surface area (Å²) < 4.78 is 0. The molecule has 8 heteroatoms. The number of thiocarbonyl (C=S) groups is 1. The van der Waals surface area contributed by atoms with Crippen molar-refractivity contribution >= 4 is 64.1 Å².